The Hall–Kier alpha value is -2.20. The Morgan fingerprint density at radius 3 is 2.75 bits per heavy atom. The SMILES string of the molecule is O=C1CNCc2ccccc2N1CCc1ccncc1. The van der Waals surface area contributed by atoms with Gasteiger partial charge in [0.05, 0.1) is 6.54 Å². The fraction of sp³-hybridized carbons (Fsp3) is 0.250. The molecule has 4 heteroatoms. The van der Waals surface area contributed by atoms with E-state index in [1.54, 1.807) is 12.4 Å². The second-order valence-corrected chi connectivity index (χ2v) is 4.88. The van der Waals surface area contributed by atoms with Gasteiger partial charge in [0.1, 0.15) is 0 Å². The molecule has 4 nitrogen and oxygen atoms in total. The molecule has 0 radical (unpaired) electrons. The van der Waals surface area contributed by atoms with Gasteiger partial charge in [-0.3, -0.25) is 9.78 Å². The number of amides is 1. The smallest absolute Gasteiger partial charge is 0.240 e. The average molecular weight is 267 g/mol. The molecule has 1 N–H and O–H groups in total. The molecule has 102 valence electrons. The lowest BCUT2D eigenvalue weighted by Crippen LogP contribution is -2.37. The number of nitrogens with one attached hydrogen (secondary N) is 1. The van der Waals surface area contributed by atoms with E-state index >= 15 is 0 Å². The van der Waals surface area contributed by atoms with Crippen LogP contribution in [0.25, 0.3) is 0 Å². The number of para-hydroxylation sites is 1. The first-order valence-electron chi connectivity index (χ1n) is 6.82. The van der Waals surface area contributed by atoms with Crippen LogP contribution in [-0.2, 0) is 17.8 Å². The highest BCUT2D eigenvalue weighted by Crippen LogP contribution is 2.22. The number of nitrogens with zero attached hydrogens (tertiary/aromatic N) is 2. The van der Waals surface area contributed by atoms with Crippen LogP contribution in [0.1, 0.15) is 11.1 Å². The number of aromatic nitrogens is 1. The topological polar surface area (TPSA) is 45.2 Å². The van der Waals surface area contributed by atoms with Gasteiger partial charge in [0.2, 0.25) is 5.91 Å². The number of anilines is 1. The molecule has 0 saturated heterocycles. The number of rotatable bonds is 3. The molecule has 1 amide bonds. The third-order valence-electron chi connectivity index (χ3n) is 3.55. The summed E-state index contributed by atoms with van der Waals surface area (Å²) >= 11 is 0. The lowest BCUT2D eigenvalue weighted by Gasteiger charge is -2.22. The maximum absolute atomic E-state index is 12.2. The van der Waals surface area contributed by atoms with Crippen molar-refractivity contribution in [2.45, 2.75) is 13.0 Å². The Morgan fingerprint density at radius 1 is 1.10 bits per heavy atom. The number of benzene rings is 1. The summed E-state index contributed by atoms with van der Waals surface area (Å²) in [5, 5.41) is 3.18. The van der Waals surface area contributed by atoms with Crippen LogP contribution in [0.5, 0.6) is 0 Å². The Bertz CT molecular complexity index is 598. The number of carbonyl (C=O) groups excluding carboxylic acids is 1. The molecule has 2 aromatic rings. The molecule has 0 aliphatic carbocycles. The van der Waals surface area contributed by atoms with Gasteiger partial charge in [-0.25, -0.2) is 0 Å². The predicted octanol–water partition coefficient (Wildman–Crippen LogP) is 1.76. The van der Waals surface area contributed by atoms with Crippen LogP contribution < -0.4 is 10.2 Å². The molecule has 0 fully saturated rings. The minimum Gasteiger partial charge on any atom is -0.311 e. The van der Waals surface area contributed by atoms with Crippen molar-refractivity contribution in [3.8, 4) is 0 Å². The number of carbonyl (C=O) groups is 1. The van der Waals surface area contributed by atoms with E-state index in [-0.39, 0.29) is 5.91 Å². The quantitative estimate of drug-likeness (QED) is 0.921. The zero-order chi connectivity index (χ0) is 13.8. The molecule has 20 heavy (non-hydrogen) atoms. The van der Waals surface area contributed by atoms with Crippen molar-refractivity contribution < 1.29 is 4.79 Å². The second kappa shape index (κ2) is 5.84. The van der Waals surface area contributed by atoms with Gasteiger partial charge in [-0.05, 0) is 35.7 Å². The van der Waals surface area contributed by atoms with Crippen LogP contribution in [0.15, 0.2) is 48.8 Å². The highest BCUT2D eigenvalue weighted by Gasteiger charge is 2.21. The highest BCUT2D eigenvalue weighted by molar-refractivity contribution is 5.96. The van der Waals surface area contributed by atoms with Crippen LogP contribution in [0, 0.1) is 0 Å². The predicted molar refractivity (Wildman–Crippen MR) is 78.4 cm³/mol. The molecule has 3 rings (SSSR count). The van der Waals surface area contributed by atoms with Gasteiger partial charge in [0.25, 0.3) is 0 Å². The van der Waals surface area contributed by atoms with E-state index in [1.807, 2.05) is 35.2 Å². The molecule has 1 aliphatic heterocycles. The van der Waals surface area contributed by atoms with Crippen molar-refractivity contribution in [3.05, 3.63) is 59.9 Å². The summed E-state index contributed by atoms with van der Waals surface area (Å²) in [6.45, 7) is 1.83. The molecular formula is C16H17N3O. The maximum Gasteiger partial charge on any atom is 0.240 e. The van der Waals surface area contributed by atoms with Crippen molar-refractivity contribution in [3.63, 3.8) is 0 Å². The first-order valence-corrected chi connectivity index (χ1v) is 6.82. The molecule has 1 aromatic heterocycles. The minimum atomic E-state index is 0.129. The summed E-state index contributed by atoms with van der Waals surface area (Å²) in [5.74, 6) is 0.129. The van der Waals surface area contributed by atoms with Gasteiger partial charge < -0.3 is 10.2 Å². The third-order valence-corrected chi connectivity index (χ3v) is 3.55. The van der Waals surface area contributed by atoms with E-state index in [2.05, 4.69) is 16.4 Å². The van der Waals surface area contributed by atoms with E-state index in [0.717, 1.165) is 18.7 Å². The highest BCUT2D eigenvalue weighted by atomic mass is 16.2. The van der Waals surface area contributed by atoms with Gasteiger partial charge in [-0.2, -0.15) is 0 Å². The van der Waals surface area contributed by atoms with Gasteiger partial charge in [-0.1, -0.05) is 18.2 Å². The van der Waals surface area contributed by atoms with E-state index in [9.17, 15) is 4.79 Å². The molecule has 1 aromatic carbocycles. The molecule has 0 spiro atoms. The standard InChI is InChI=1S/C16H17N3O/c20-16-12-18-11-14-3-1-2-4-15(14)19(16)10-7-13-5-8-17-9-6-13/h1-6,8-9,18H,7,10-12H2. The fourth-order valence-corrected chi connectivity index (χ4v) is 2.49. The lowest BCUT2D eigenvalue weighted by molar-refractivity contribution is -0.117. The first-order chi connectivity index (χ1) is 9.84. The van der Waals surface area contributed by atoms with E-state index < -0.39 is 0 Å². The summed E-state index contributed by atoms with van der Waals surface area (Å²) in [7, 11) is 0. The van der Waals surface area contributed by atoms with E-state index in [0.29, 0.717) is 13.1 Å². The molecule has 0 saturated carbocycles. The third kappa shape index (κ3) is 2.70. The van der Waals surface area contributed by atoms with Crippen molar-refractivity contribution >= 4 is 11.6 Å². The largest absolute Gasteiger partial charge is 0.311 e. The minimum absolute atomic E-state index is 0.129. The molecule has 0 atom stereocenters. The van der Waals surface area contributed by atoms with Crippen LogP contribution in [-0.4, -0.2) is 24.0 Å². The van der Waals surface area contributed by atoms with Gasteiger partial charge in [0, 0.05) is 31.2 Å². The monoisotopic (exact) mass is 267 g/mol. The summed E-state index contributed by atoms with van der Waals surface area (Å²) in [6, 6.07) is 12.1. The molecule has 0 unspecified atom stereocenters. The Morgan fingerprint density at radius 2 is 1.90 bits per heavy atom. The molecular weight excluding hydrogens is 250 g/mol. The number of hydrogen-bond acceptors (Lipinski definition) is 3. The van der Waals surface area contributed by atoms with Crippen molar-refractivity contribution in [1.82, 2.24) is 10.3 Å². The molecule has 2 heterocycles. The van der Waals surface area contributed by atoms with Crippen molar-refractivity contribution in [1.29, 1.82) is 0 Å². The van der Waals surface area contributed by atoms with Crippen LogP contribution >= 0.6 is 0 Å². The first kappa shape index (κ1) is 12.8. The van der Waals surface area contributed by atoms with Crippen LogP contribution in [0.4, 0.5) is 5.69 Å². The van der Waals surface area contributed by atoms with E-state index in [1.165, 1.54) is 11.1 Å². The summed E-state index contributed by atoms with van der Waals surface area (Å²) < 4.78 is 0. The van der Waals surface area contributed by atoms with Gasteiger partial charge in [0.15, 0.2) is 0 Å². The zero-order valence-corrected chi connectivity index (χ0v) is 11.2. The Kier molecular flexibility index (Phi) is 3.74. The lowest BCUT2D eigenvalue weighted by atomic mass is 10.1. The average Bonchev–Trinajstić information content (AvgIpc) is 2.65. The second-order valence-electron chi connectivity index (χ2n) is 4.88. The fourth-order valence-electron chi connectivity index (χ4n) is 2.49. The normalized spacial score (nSPS) is 14.8. The van der Waals surface area contributed by atoms with Crippen LogP contribution in [0.2, 0.25) is 0 Å². The number of pyridine rings is 1. The summed E-state index contributed by atoms with van der Waals surface area (Å²) in [4.78, 5) is 18.1. The number of fused-ring (bicyclic) bond motifs is 1. The summed E-state index contributed by atoms with van der Waals surface area (Å²) in [6.07, 6.45) is 4.41. The van der Waals surface area contributed by atoms with Crippen molar-refractivity contribution in [2.75, 3.05) is 18.0 Å². The summed E-state index contributed by atoms with van der Waals surface area (Å²) in [5.41, 5.74) is 3.40. The van der Waals surface area contributed by atoms with Gasteiger partial charge >= 0.3 is 0 Å². The van der Waals surface area contributed by atoms with Crippen LogP contribution in [0.3, 0.4) is 0 Å². The van der Waals surface area contributed by atoms with Gasteiger partial charge in [-0.15, -0.1) is 0 Å². The Labute approximate surface area is 118 Å². The molecule has 0 bridgehead atoms. The van der Waals surface area contributed by atoms with E-state index in [4.69, 9.17) is 0 Å². The number of hydrogen-bond donors (Lipinski definition) is 1. The molecule has 1 aliphatic rings. The zero-order valence-electron chi connectivity index (χ0n) is 11.2. The Balaban J connectivity index is 1.81. The maximum atomic E-state index is 12.2. The van der Waals surface area contributed by atoms with Crippen molar-refractivity contribution in [2.24, 2.45) is 0 Å².